The summed E-state index contributed by atoms with van der Waals surface area (Å²) in [5.41, 5.74) is 1.93. The first-order chi connectivity index (χ1) is 12.8. The van der Waals surface area contributed by atoms with E-state index in [0.29, 0.717) is 6.42 Å². The van der Waals surface area contributed by atoms with E-state index in [2.05, 4.69) is 5.32 Å². The first-order valence-corrected chi connectivity index (χ1v) is 10.2. The van der Waals surface area contributed by atoms with Gasteiger partial charge in [-0.2, -0.15) is 4.31 Å². The second kappa shape index (κ2) is 9.01. The highest BCUT2D eigenvalue weighted by Gasteiger charge is 2.23. The molecule has 2 aromatic rings. The van der Waals surface area contributed by atoms with Crippen molar-refractivity contribution in [2.24, 2.45) is 0 Å². The minimum atomic E-state index is -3.70. The topological polar surface area (TPSA) is 75.7 Å². The maximum absolute atomic E-state index is 12.5. The minimum Gasteiger partial charge on any atom is -0.496 e. The van der Waals surface area contributed by atoms with E-state index in [4.69, 9.17) is 4.74 Å². The smallest absolute Gasteiger partial charge is 0.243 e. The molecule has 1 atom stereocenters. The van der Waals surface area contributed by atoms with Gasteiger partial charge in [-0.3, -0.25) is 4.79 Å². The summed E-state index contributed by atoms with van der Waals surface area (Å²) in [6.45, 7) is 3.66. The zero-order valence-corrected chi connectivity index (χ0v) is 16.9. The Morgan fingerprint density at radius 2 is 1.85 bits per heavy atom. The van der Waals surface area contributed by atoms with Crippen molar-refractivity contribution in [3.8, 4) is 5.75 Å². The lowest BCUT2D eigenvalue weighted by Crippen LogP contribution is -2.39. The van der Waals surface area contributed by atoms with Gasteiger partial charge < -0.3 is 10.1 Å². The Labute approximate surface area is 161 Å². The number of aryl methyl sites for hydroxylation is 1. The van der Waals surface area contributed by atoms with Crippen molar-refractivity contribution in [1.29, 1.82) is 0 Å². The number of benzene rings is 2. The molecule has 27 heavy (non-hydrogen) atoms. The van der Waals surface area contributed by atoms with Gasteiger partial charge >= 0.3 is 0 Å². The van der Waals surface area contributed by atoms with Gasteiger partial charge in [0.15, 0.2) is 0 Å². The van der Waals surface area contributed by atoms with Crippen molar-refractivity contribution in [2.45, 2.75) is 31.2 Å². The number of rotatable bonds is 8. The van der Waals surface area contributed by atoms with Crippen molar-refractivity contribution in [2.75, 3.05) is 20.7 Å². The molecular weight excluding hydrogens is 364 g/mol. The van der Waals surface area contributed by atoms with Crippen molar-refractivity contribution in [1.82, 2.24) is 9.62 Å². The number of nitrogens with zero attached hydrogens (tertiary/aromatic N) is 1. The van der Waals surface area contributed by atoms with Gasteiger partial charge in [-0.1, -0.05) is 37.3 Å². The van der Waals surface area contributed by atoms with Gasteiger partial charge in [-0.05, 0) is 42.7 Å². The number of amides is 1. The van der Waals surface area contributed by atoms with E-state index in [1.807, 2.05) is 32.0 Å². The fraction of sp³-hybridized carbons (Fsp3) is 0.350. The third-order valence-electron chi connectivity index (χ3n) is 4.38. The standard InChI is InChI=1S/C20H26N2O4S/c1-5-18(16-11-12-19(26-4)15(2)13-16)21-20(23)14-22(3)27(24,25)17-9-7-6-8-10-17/h6-13,18H,5,14H2,1-4H3,(H,21,23)/t18-/m1/s1. The highest BCUT2D eigenvalue weighted by atomic mass is 32.2. The van der Waals surface area contributed by atoms with Crippen LogP contribution in [0.15, 0.2) is 53.4 Å². The maximum atomic E-state index is 12.5. The second-order valence-corrected chi connectivity index (χ2v) is 8.38. The van der Waals surface area contributed by atoms with Crippen molar-refractivity contribution in [3.63, 3.8) is 0 Å². The summed E-state index contributed by atoms with van der Waals surface area (Å²) >= 11 is 0. The average Bonchev–Trinajstić information content (AvgIpc) is 2.66. The molecule has 0 saturated carbocycles. The Hall–Kier alpha value is -2.38. The number of carbonyl (C=O) groups is 1. The van der Waals surface area contributed by atoms with Crippen LogP contribution in [0.3, 0.4) is 0 Å². The Morgan fingerprint density at radius 3 is 2.41 bits per heavy atom. The van der Waals surface area contributed by atoms with Crippen LogP contribution in [0.4, 0.5) is 0 Å². The molecule has 2 aromatic carbocycles. The lowest BCUT2D eigenvalue weighted by molar-refractivity contribution is -0.121. The molecule has 146 valence electrons. The zero-order valence-electron chi connectivity index (χ0n) is 16.1. The largest absolute Gasteiger partial charge is 0.496 e. The Balaban J connectivity index is 2.08. The van der Waals surface area contributed by atoms with Crippen LogP contribution < -0.4 is 10.1 Å². The predicted molar refractivity (Wildman–Crippen MR) is 105 cm³/mol. The number of methoxy groups -OCH3 is 1. The highest BCUT2D eigenvalue weighted by molar-refractivity contribution is 7.89. The number of ether oxygens (including phenoxy) is 1. The zero-order chi connectivity index (χ0) is 20.0. The SMILES string of the molecule is CC[C@@H](NC(=O)CN(C)S(=O)(=O)c1ccccc1)c1ccc(OC)c(C)c1. The molecular formula is C20H26N2O4S. The van der Waals surface area contributed by atoms with E-state index >= 15 is 0 Å². The highest BCUT2D eigenvalue weighted by Crippen LogP contribution is 2.24. The van der Waals surface area contributed by atoms with Gasteiger partial charge in [0.2, 0.25) is 15.9 Å². The van der Waals surface area contributed by atoms with Gasteiger partial charge in [0.05, 0.1) is 24.6 Å². The van der Waals surface area contributed by atoms with E-state index < -0.39 is 10.0 Å². The molecule has 1 amide bonds. The molecule has 0 spiro atoms. The number of carbonyl (C=O) groups excluding carboxylic acids is 1. The molecule has 1 N–H and O–H groups in total. The van der Waals surface area contributed by atoms with Gasteiger partial charge in [-0.25, -0.2) is 8.42 Å². The van der Waals surface area contributed by atoms with Gasteiger partial charge in [0.1, 0.15) is 5.75 Å². The molecule has 0 radical (unpaired) electrons. The maximum Gasteiger partial charge on any atom is 0.243 e. The molecule has 0 aliphatic heterocycles. The molecule has 0 unspecified atom stereocenters. The molecule has 7 heteroatoms. The summed E-state index contributed by atoms with van der Waals surface area (Å²) in [4.78, 5) is 12.6. The van der Waals surface area contributed by atoms with Crippen LogP contribution in [0.25, 0.3) is 0 Å². The summed E-state index contributed by atoms with van der Waals surface area (Å²) in [5.74, 6) is 0.436. The molecule has 0 heterocycles. The molecule has 0 bridgehead atoms. The minimum absolute atomic E-state index is 0.165. The van der Waals surface area contributed by atoms with Crippen LogP contribution in [0.1, 0.15) is 30.5 Å². The Kier molecular flexibility index (Phi) is 6.98. The summed E-state index contributed by atoms with van der Waals surface area (Å²) in [5, 5.41) is 2.92. The number of likely N-dealkylation sites (N-methyl/N-ethyl adjacent to an activating group) is 1. The Morgan fingerprint density at radius 1 is 1.19 bits per heavy atom. The van der Waals surface area contributed by atoms with E-state index in [-0.39, 0.29) is 23.4 Å². The van der Waals surface area contributed by atoms with Crippen molar-refractivity contribution in [3.05, 3.63) is 59.7 Å². The Bertz CT molecular complexity index is 882. The fourth-order valence-electron chi connectivity index (χ4n) is 2.84. The molecule has 0 fully saturated rings. The molecule has 2 rings (SSSR count). The first-order valence-electron chi connectivity index (χ1n) is 8.74. The summed E-state index contributed by atoms with van der Waals surface area (Å²) in [7, 11) is -0.683. The normalized spacial score (nSPS) is 12.6. The van der Waals surface area contributed by atoms with Crippen LogP contribution in [0.5, 0.6) is 5.75 Å². The van der Waals surface area contributed by atoms with Crippen molar-refractivity contribution < 1.29 is 17.9 Å². The van der Waals surface area contributed by atoms with E-state index in [0.717, 1.165) is 21.2 Å². The van der Waals surface area contributed by atoms with Crippen LogP contribution in [0, 0.1) is 6.92 Å². The van der Waals surface area contributed by atoms with Gasteiger partial charge in [0.25, 0.3) is 0 Å². The monoisotopic (exact) mass is 390 g/mol. The first kappa shape index (κ1) is 20.9. The van der Waals surface area contributed by atoms with E-state index in [1.165, 1.54) is 19.2 Å². The molecule has 0 saturated heterocycles. The molecule has 0 aliphatic carbocycles. The number of sulfonamides is 1. The molecule has 0 aromatic heterocycles. The van der Waals surface area contributed by atoms with E-state index in [9.17, 15) is 13.2 Å². The lowest BCUT2D eigenvalue weighted by atomic mass is 10.0. The average molecular weight is 391 g/mol. The summed E-state index contributed by atoms with van der Waals surface area (Å²) in [6, 6.07) is 13.6. The van der Waals surface area contributed by atoms with Crippen LogP contribution >= 0.6 is 0 Å². The van der Waals surface area contributed by atoms with E-state index in [1.54, 1.807) is 25.3 Å². The molecule has 6 nitrogen and oxygen atoms in total. The number of hydrogen-bond acceptors (Lipinski definition) is 4. The quantitative estimate of drug-likeness (QED) is 0.752. The summed E-state index contributed by atoms with van der Waals surface area (Å²) in [6.07, 6.45) is 0.687. The van der Waals surface area contributed by atoms with Gasteiger partial charge in [-0.15, -0.1) is 0 Å². The fourth-order valence-corrected chi connectivity index (χ4v) is 3.99. The lowest BCUT2D eigenvalue weighted by Gasteiger charge is -2.21. The summed E-state index contributed by atoms with van der Waals surface area (Å²) < 4.78 is 31.4. The number of hydrogen-bond donors (Lipinski definition) is 1. The second-order valence-electron chi connectivity index (χ2n) is 6.33. The number of nitrogens with one attached hydrogen (secondary N) is 1. The predicted octanol–water partition coefficient (Wildman–Crippen LogP) is 2.89. The van der Waals surface area contributed by atoms with Crippen LogP contribution in [-0.2, 0) is 14.8 Å². The third kappa shape index (κ3) is 5.08. The van der Waals surface area contributed by atoms with Crippen molar-refractivity contribution >= 4 is 15.9 Å². The van der Waals surface area contributed by atoms with Crippen LogP contribution in [0.2, 0.25) is 0 Å². The molecule has 0 aliphatic rings. The van der Waals surface area contributed by atoms with Gasteiger partial charge in [0, 0.05) is 7.05 Å². The third-order valence-corrected chi connectivity index (χ3v) is 6.20. The van der Waals surface area contributed by atoms with Crippen LogP contribution in [-0.4, -0.2) is 39.3 Å².